The van der Waals surface area contributed by atoms with Crippen LogP contribution in [-0.2, 0) is 6.42 Å². The standard InChI is InChI=1S/C11H12O2/c1-7-3-4-8-9(11(7)13-2)5-6-10(8)12/h3-4H,5-6H2,1-2H3. The van der Waals surface area contributed by atoms with Gasteiger partial charge >= 0.3 is 0 Å². The fraction of sp³-hybridized carbons (Fsp3) is 0.364. The summed E-state index contributed by atoms with van der Waals surface area (Å²) in [5.41, 5.74) is 3.05. The molecular formula is C11H12O2. The highest BCUT2D eigenvalue weighted by atomic mass is 16.5. The van der Waals surface area contributed by atoms with Crippen LogP contribution in [0.1, 0.15) is 27.9 Å². The number of ketones is 1. The quantitative estimate of drug-likeness (QED) is 0.655. The van der Waals surface area contributed by atoms with Crippen LogP contribution in [0.25, 0.3) is 0 Å². The van der Waals surface area contributed by atoms with Crippen molar-refractivity contribution in [2.75, 3.05) is 7.11 Å². The second kappa shape index (κ2) is 2.87. The van der Waals surface area contributed by atoms with Gasteiger partial charge in [0.15, 0.2) is 5.78 Å². The average molecular weight is 176 g/mol. The average Bonchev–Trinajstić information content (AvgIpc) is 2.48. The van der Waals surface area contributed by atoms with Crippen molar-refractivity contribution in [1.82, 2.24) is 0 Å². The highest BCUT2D eigenvalue weighted by molar-refractivity contribution is 6.01. The van der Waals surface area contributed by atoms with Crippen LogP contribution >= 0.6 is 0 Å². The monoisotopic (exact) mass is 176 g/mol. The van der Waals surface area contributed by atoms with Gasteiger partial charge in [-0.15, -0.1) is 0 Å². The highest BCUT2D eigenvalue weighted by Gasteiger charge is 2.23. The zero-order chi connectivity index (χ0) is 9.42. The summed E-state index contributed by atoms with van der Waals surface area (Å²) >= 11 is 0. The number of Topliss-reactive ketones (excluding diaryl/α,β-unsaturated/α-hetero) is 1. The number of rotatable bonds is 1. The number of carbonyl (C=O) groups is 1. The smallest absolute Gasteiger partial charge is 0.163 e. The van der Waals surface area contributed by atoms with Crippen LogP contribution in [0.3, 0.4) is 0 Å². The van der Waals surface area contributed by atoms with E-state index in [0.717, 1.165) is 28.9 Å². The van der Waals surface area contributed by atoms with Crippen LogP contribution in [0.2, 0.25) is 0 Å². The van der Waals surface area contributed by atoms with Crippen LogP contribution in [-0.4, -0.2) is 12.9 Å². The van der Waals surface area contributed by atoms with E-state index in [4.69, 9.17) is 4.74 Å². The molecule has 0 atom stereocenters. The molecule has 2 nitrogen and oxygen atoms in total. The Balaban J connectivity index is 2.64. The summed E-state index contributed by atoms with van der Waals surface area (Å²) in [7, 11) is 1.66. The number of carbonyl (C=O) groups excluding carboxylic acids is 1. The molecule has 0 N–H and O–H groups in total. The summed E-state index contributed by atoms with van der Waals surface area (Å²) in [6.07, 6.45) is 1.47. The lowest BCUT2D eigenvalue weighted by atomic mass is 10.1. The van der Waals surface area contributed by atoms with E-state index in [9.17, 15) is 4.79 Å². The zero-order valence-corrected chi connectivity index (χ0v) is 7.89. The first-order valence-electron chi connectivity index (χ1n) is 4.43. The molecule has 0 aliphatic heterocycles. The van der Waals surface area contributed by atoms with Crippen LogP contribution in [0.15, 0.2) is 12.1 Å². The normalized spacial score (nSPS) is 14.5. The van der Waals surface area contributed by atoms with Gasteiger partial charge in [0.1, 0.15) is 5.75 Å². The summed E-state index contributed by atoms with van der Waals surface area (Å²) in [6, 6.07) is 3.85. The van der Waals surface area contributed by atoms with Crippen LogP contribution in [0.4, 0.5) is 0 Å². The van der Waals surface area contributed by atoms with E-state index in [1.807, 2.05) is 19.1 Å². The van der Waals surface area contributed by atoms with E-state index in [1.165, 1.54) is 0 Å². The van der Waals surface area contributed by atoms with Crippen molar-refractivity contribution in [2.24, 2.45) is 0 Å². The number of fused-ring (bicyclic) bond motifs is 1. The Morgan fingerprint density at radius 1 is 1.31 bits per heavy atom. The van der Waals surface area contributed by atoms with Crippen LogP contribution in [0.5, 0.6) is 5.75 Å². The summed E-state index contributed by atoms with van der Waals surface area (Å²) in [6.45, 7) is 2.00. The molecule has 13 heavy (non-hydrogen) atoms. The molecule has 0 amide bonds. The van der Waals surface area contributed by atoms with E-state index in [1.54, 1.807) is 7.11 Å². The van der Waals surface area contributed by atoms with Crippen molar-refractivity contribution in [3.05, 3.63) is 28.8 Å². The molecule has 2 rings (SSSR count). The molecule has 0 heterocycles. The molecule has 0 saturated carbocycles. The predicted molar refractivity (Wildman–Crippen MR) is 50.4 cm³/mol. The maximum absolute atomic E-state index is 11.4. The molecule has 1 aliphatic carbocycles. The highest BCUT2D eigenvalue weighted by Crippen LogP contribution is 2.32. The summed E-state index contributed by atoms with van der Waals surface area (Å²) in [4.78, 5) is 11.4. The van der Waals surface area contributed by atoms with Gasteiger partial charge in [-0.05, 0) is 18.9 Å². The van der Waals surface area contributed by atoms with E-state index >= 15 is 0 Å². The lowest BCUT2D eigenvalue weighted by Gasteiger charge is -2.09. The molecule has 68 valence electrons. The first-order chi connectivity index (χ1) is 6.24. The Kier molecular flexibility index (Phi) is 1.83. The SMILES string of the molecule is COc1c(C)ccc2c1CCC2=O. The predicted octanol–water partition coefficient (Wildman–Crippen LogP) is 2.13. The minimum atomic E-state index is 0.244. The lowest BCUT2D eigenvalue weighted by molar-refractivity contribution is 0.0994. The van der Waals surface area contributed by atoms with Crippen molar-refractivity contribution in [2.45, 2.75) is 19.8 Å². The first kappa shape index (κ1) is 8.30. The van der Waals surface area contributed by atoms with Gasteiger partial charge < -0.3 is 4.74 Å². The van der Waals surface area contributed by atoms with Gasteiger partial charge in [0.05, 0.1) is 7.11 Å². The topological polar surface area (TPSA) is 26.3 Å². The number of benzene rings is 1. The number of aryl methyl sites for hydroxylation is 1. The van der Waals surface area contributed by atoms with Crippen molar-refractivity contribution in [1.29, 1.82) is 0 Å². The molecule has 0 fully saturated rings. The first-order valence-corrected chi connectivity index (χ1v) is 4.43. The number of hydrogen-bond acceptors (Lipinski definition) is 2. The van der Waals surface area contributed by atoms with Gasteiger partial charge in [0.2, 0.25) is 0 Å². The third-order valence-corrected chi connectivity index (χ3v) is 2.56. The van der Waals surface area contributed by atoms with Crippen molar-refractivity contribution < 1.29 is 9.53 Å². The van der Waals surface area contributed by atoms with E-state index in [-0.39, 0.29) is 5.78 Å². The van der Waals surface area contributed by atoms with Crippen LogP contribution in [0, 0.1) is 6.92 Å². The van der Waals surface area contributed by atoms with E-state index in [0.29, 0.717) is 6.42 Å². The molecule has 1 aromatic rings. The second-order valence-electron chi connectivity index (χ2n) is 3.36. The fourth-order valence-corrected chi connectivity index (χ4v) is 1.91. The molecular weight excluding hydrogens is 164 g/mol. The Morgan fingerprint density at radius 2 is 2.08 bits per heavy atom. The minimum Gasteiger partial charge on any atom is -0.496 e. The maximum atomic E-state index is 11.4. The number of methoxy groups -OCH3 is 1. The largest absolute Gasteiger partial charge is 0.496 e. The van der Waals surface area contributed by atoms with Gasteiger partial charge in [-0.25, -0.2) is 0 Å². The number of ether oxygens (including phenoxy) is 1. The van der Waals surface area contributed by atoms with Gasteiger partial charge in [0, 0.05) is 17.5 Å². The van der Waals surface area contributed by atoms with Gasteiger partial charge in [-0.3, -0.25) is 4.79 Å². The Morgan fingerprint density at radius 3 is 2.77 bits per heavy atom. The van der Waals surface area contributed by atoms with E-state index < -0.39 is 0 Å². The number of hydrogen-bond donors (Lipinski definition) is 0. The van der Waals surface area contributed by atoms with Crippen molar-refractivity contribution in [3.63, 3.8) is 0 Å². The Labute approximate surface area is 77.5 Å². The molecule has 2 heteroatoms. The van der Waals surface area contributed by atoms with Gasteiger partial charge in [-0.1, -0.05) is 12.1 Å². The molecule has 1 aromatic carbocycles. The maximum Gasteiger partial charge on any atom is 0.163 e. The summed E-state index contributed by atoms with van der Waals surface area (Å²) in [5.74, 6) is 1.14. The zero-order valence-electron chi connectivity index (χ0n) is 7.89. The Hall–Kier alpha value is -1.31. The molecule has 0 saturated heterocycles. The summed E-state index contributed by atoms with van der Waals surface area (Å²) in [5, 5.41) is 0. The summed E-state index contributed by atoms with van der Waals surface area (Å²) < 4.78 is 5.28. The van der Waals surface area contributed by atoms with E-state index in [2.05, 4.69) is 0 Å². The molecule has 0 radical (unpaired) electrons. The van der Waals surface area contributed by atoms with Crippen molar-refractivity contribution in [3.8, 4) is 5.75 Å². The third-order valence-electron chi connectivity index (χ3n) is 2.56. The van der Waals surface area contributed by atoms with Crippen LogP contribution < -0.4 is 4.74 Å². The Bertz CT molecular complexity index is 367. The van der Waals surface area contributed by atoms with Crippen molar-refractivity contribution >= 4 is 5.78 Å². The van der Waals surface area contributed by atoms with Gasteiger partial charge in [-0.2, -0.15) is 0 Å². The lowest BCUT2D eigenvalue weighted by Crippen LogP contribution is -1.95. The second-order valence-corrected chi connectivity index (χ2v) is 3.36. The molecule has 1 aliphatic rings. The minimum absolute atomic E-state index is 0.244. The molecule has 0 unspecified atom stereocenters. The molecule has 0 aromatic heterocycles. The fourth-order valence-electron chi connectivity index (χ4n) is 1.91. The molecule has 0 bridgehead atoms. The van der Waals surface area contributed by atoms with Gasteiger partial charge in [0.25, 0.3) is 0 Å². The molecule has 0 spiro atoms. The third kappa shape index (κ3) is 1.13.